The number of fused-ring (bicyclic) bond motifs is 1. The number of pyridine rings is 1. The fraction of sp³-hybridized carbons (Fsp3) is 0.111. The van der Waals surface area contributed by atoms with Crippen molar-refractivity contribution < 1.29 is 14.6 Å². The van der Waals surface area contributed by atoms with Crippen LogP contribution in [0.5, 0.6) is 5.88 Å². The lowest BCUT2D eigenvalue weighted by Crippen LogP contribution is -2.04. The molecule has 0 saturated heterocycles. The Labute approximate surface area is 158 Å². The van der Waals surface area contributed by atoms with Crippen LogP contribution in [0.1, 0.15) is 5.56 Å². The van der Waals surface area contributed by atoms with Gasteiger partial charge in [-0.15, -0.1) is 5.10 Å². The molecule has 0 atom stereocenters. The zero-order valence-corrected chi connectivity index (χ0v) is 14.8. The average molecular weight is 377 g/mol. The van der Waals surface area contributed by atoms with E-state index in [0.29, 0.717) is 39.9 Å². The first-order chi connectivity index (χ1) is 13.6. The van der Waals surface area contributed by atoms with Gasteiger partial charge in [-0.2, -0.15) is 9.67 Å². The predicted octanol–water partition coefficient (Wildman–Crippen LogP) is 1.98. The predicted molar refractivity (Wildman–Crippen MR) is 99.9 cm³/mol. The van der Waals surface area contributed by atoms with Gasteiger partial charge in [0.05, 0.1) is 37.3 Å². The normalized spacial score (nSPS) is 10.8. The Balaban J connectivity index is 1.67. The van der Waals surface area contributed by atoms with E-state index in [1.165, 1.54) is 0 Å². The van der Waals surface area contributed by atoms with Gasteiger partial charge in [0.2, 0.25) is 11.8 Å². The maximum atomic E-state index is 11.0. The molecule has 0 aliphatic carbocycles. The van der Waals surface area contributed by atoms with Gasteiger partial charge >= 0.3 is 5.97 Å². The van der Waals surface area contributed by atoms with Crippen molar-refractivity contribution in [3.05, 3.63) is 54.4 Å². The minimum Gasteiger partial charge on any atom is -0.481 e. The van der Waals surface area contributed by atoms with Gasteiger partial charge in [-0.25, -0.2) is 9.97 Å². The molecule has 140 valence electrons. The van der Waals surface area contributed by atoms with E-state index in [9.17, 15) is 4.79 Å². The first-order valence-corrected chi connectivity index (χ1v) is 8.29. The van der Waals surface area contributed by atoms with Gasteiger partial charge in [0.25, 0.3) is 0 Å². The van der Waals surface area contributed by atoms with Gasteiger partial charge in [-0.05, 0) is 23.8 Å². The summed E-state index contributed by atoms with van der Waals surface area (Å²) in [5, 5.41) is 20.2. The number of aliphatic carboxylic acids is 1. The van der Waals surface area contributed by atoms with E-state index in [1.54, 1.807) is 54.5 Å². The molecule has 2 N–H and O–H groups in total. The van der Waals surface area contributed by atoms with Crippen molar-refractivity contribution in [3.63, 3.8) is 0 Å². The number of aromatic nitrogens is 6. The second kappa shape index (κ2) is 7.27. The molecule has 0 aliphatic heterocycles. The van der Waals surface area contributed by atoms with Crippen LogP contribution in [-0.4, -0.2) is 48.1 Å². The molecular weight excluding hydrogens is 362 g/mol. The maximum absolute atomic E-state index is 11.0. The lowest BCUT2D eigenvalue weighted by atomic mass is 10.1. The maximum Gasteiger partial charge on any atom is 0.307 e. The van der Waals surface area contributed by atoms with E-state index in [4.69, 9.17) is 9.84 Å². The van der Waals surface area contributed by atoms with Crippen molar-refractivity contribution in [2.75, 3.05) is 12.4 Å². The van der Waals surface area contributed by atoms with E-state index < -0.39 is 5.97 Å². The number of ether oxygens (including phenoxy) is 1. The van der Waals surface area contributed by atoms with Crippen LogP contribution in [0, 0.1) is 0 Å². The fourth-order valence-electron chi connectivity index (χ4n) is 2.64. The number of hydrogen-bond acceptors (Lipinski definition) is 8. The Kier molecular flexibility index (Phi) is 4.50. The molecule has 4 rings (SSSR count). The summed E-state index contributed by atoms with van der Waals surface area (Å²) in [6.07, 6.45) is 3.09. The van der Waals surface area contributed by atoms with Crippen molar-refractivity contribution in [3.8, 4) is 11.6 Å². The van der Waals surface area contributed by atoms with Crippen LogP contribution < -0.4 is 10.1 Å². The molecule has 28 heavy (non-hydrogen) atoms. The highest BCUT2D eigenvalue weighted by Gasteiger charge is 2.11. The summed E-state index contributed by atoms with van der Waals surface area (Å²) in [6.45, 7) is 0. The molecular formula is C18H15N7O3. The minimum absolute atomic E-state index is 0.0767. The molecule has 0 bridgehead atoms. The molecule has 4 aromatic rings. The lowest BCUT2D eigenvalue weighted by Gasteiger charge is -2.06. The van der Waals surface area contributed by atoms with Crippen LogP contribution in [0.15, 0.2) is 48.8 Å². The SMILES string of the molecule is COc1ccc(Nc2ncc3nnn(-c4cccc(CC(=O)O)c4)c3n2)cn1. The molecule has 1 aromatic carbocycles. The van der Waals surface area contributed by atoms with Gasteiger partial charge in [0.15, 0.2) is 11.2 Å². The summed E-state index contributed by atoms with van der Waals surface area (Å²) >= 11 is 0. The number of nitrogens with zero attached hydrogens (tertiary/aromatic N) is 6. The van der Waals surface area contributed by atoms with Gasteiger partial charge in [0, 0.05) is 6.07 Å². The van der Waals surface area contributed by atoms with Gasteiger partial charge in [0.1, 0.15) is 0 Å². The Morgan fingerprint density at radius 3 is 2.86 bits per heavy atom. The molecule has 3 aromatic heterocycles. The molecule has 10 heteroatoms. The second-order valence-electron chi connectivity index (χ2n) is 5.86. The monoisotopic (exact) mass is 377 g/mol. The third kappa shape index (κ3) is 3.56. The highest BCUT2D eigenvalue weighted by molar-refractivity contribution is 5.73. The molecule has 0 amide bonds. The van der Waals surface area contributed by atoms with Gasteiger partial charge < -0.3 is 15.2 Å². The Bertz CT molecular complexity index is 1140. The number of carbonyl (C=O) groups is 1. The Hall–Kier alpha value is -4.08. The number of methoxy groups -OCH3 is 1. The third-order valence-electron chi connectivity index (χ3n) is 3.90. The standard InChI is InChI=1S/C18H15N7O3/c1-28-15-6-5-12(9-19-15)21-18-20-10-14-17(22-18)25(24-23-14)13-4-2-3-11(7-13)8-16(26)27/h2-7,9-10H,8H2,1H3,(H,26,27)(H,20,21,22). The molecule has 3 heterocycles. The summed E-state index contributed by atoms with van der Waals surface area (Å²) in [5.74, 6) is -0.0438. The first-order valence-electron chi connectivity index (χ1n) is 8.29. The molecule has 0 spiro atoms. The van der Waals surface area contributed by atoms with Crippen LogP contribution in [0.2, 0.25) is 0 Å². The third-order valence-corrected chi connectivity index (χ3v) is 3.90. The van der Waals surface area contributed by atoms with Crippen LogP contribution in [-0.2, 0) is 11.2 Å². The molecule has 10 nitrogen and oxygen atoms in total. The van der Waals surface area contributed by atoms with Crippen LogP contribution >= 0.6 is 0 Å². The summed E-state index contributed by atoms with van der Waals surface area (Å²) in [7, 11) is 1.55. The number of carboxylic acids is 1. The number of hydrogen-bond donors (Lipinski definition) is 2. The number of benzene rings is 1. The molecule has 0 unspecified atom stereocenters. The molecule has 0 radical (unpaired) electrons. The van der Waals surface area contributed by atoms with Gasteiger partial charge in [-0.1, -0.05) is 17.3 Å². The summed E-state index contributed by atoms with van der Waals surface area (Å²) in [6, 6.07) is 10.6. The van der Waals surface area contributed by atoms with Crippen molar-refractivity contribution in [1.82, 2.24) is 29.9 Å². The molecule has 0 fully saturated rings. The number of carboxylic acid groups (broad SMARTS) is 1. The average Bonchev–Trinajstić information content (AvgIpc) is 3.11. The van der Waals surface area contributed by atoms with Crippen molar-refractivity contribution in [2.45, 2.75) is 6.42 Å². The van der Waals surface area contributed by atoms with Crippen molar-refractivity contribution >= 4 is 28.8 Å². The number of nitrogens with one attached hydrogen (secondary N) is 1. The lowest BCUT2D eigenvalue weighted by molar-refractivity contribution is -0.136. The van der Waals surface area contributed by atoms with Crippen LogP contribution in [0.3, 0.4) is 0 Å². The summed E-state index contributed by atoms with van der Waals surface area (Å²) in [4.78, 5) is 23.8. The van der Waals surface area contributed by atoms with E-state index in [1.807, 2.05) is 6.07 Å². The Morgan fingerprint density at radius 2 is 2.11 bits per heavy atom. The fourth-order valence-corrected chi connectivity index (χ4v) is 2.64. The van der Waals surface area contributed by atoms with Crippen LogP contribution in [0.4, 0.5) is 11.6 Å². The summed E-state index contributed by atoms with van der Waals surface area (Å²) < 4.78 is 6.58. The minimum atomic E-state index is -0.900. The van der Waals surface area contributed by atoms with Crippen molar-refractivity contribution in [2.24, 2.45) is 0 Å². The van der Waals surface area contributed by atoms with E-state index in [0.717, 1.165) is 0 Å². The van der Waals surface area contributed by atoms with Crippen molar-refractivity contribution in [1.29, 1.82) is 0 Å². The summed E-state index contributed by atoms with van der Waals surface area (Å²) in [5.41, 5.74) is 3.03. The number of anilines is 2. The van der Waals surface area contributed by atoms with Crippen LogP contribution in [0.25, 0.3) is 16.9 Å². The zero-order chi connectivity index (χ0) is 19.5. The number of rotatable bonds is 6. The highest BCUT2D eigenvalue weighted by atomic mass is 16.5. The zero-order valence-electron chi connectivity index (χ0n) is 14.8. The molecule has 0 aliphatic rings. The quantitative estimate of drug-likeness (QED) is 0.518. The topological polar surface area (TPSA) is 128 Å². The highest BCUT2D eigenvalue weighted by Crippen LogP contribution is 2.19. The smallest absolute Gasteiger partial charge is 0.307 e. The Morgan fingerprint density at radius 1 is 1.21 bits per heavy atom. The largest absolute Gasteiger partial charge is 0.481 e. The van der Waals surface area contributed by atoms with E-state index in [-0.39, 0.29) is 6.42 Å². The van der Waals surface area contributed by atoms with E-state index in [2.05, 4.69) is 30.6 Å². The van der Waals surface area contributed by atoms with Gasteiger partial charge in [-0.3, -0.25) is 4.79 Å². The van der Waals surface area contributed by atoms with E-state index >= 15 is 0 Å². The second-order valence-corrected chi connectivity index (χ2v) is 5.86. The first kappa shape index (κ1) is 17.3. The molecule has 0 saturated carbocycles.